The van der Waals surface area contributed by atoms with Gasteiger partial charge in [0.25, 0.3) is 0 Å². The molecule has 1 aromatic heterocycles. The van der Waals surface area contributed by atoms with Crippen LogP contribution in [0.1, 0.15) is 24.0 Å². The van der Waals surface area contributed by atoms with Crippen molar-refractivity contribution < 1.29 is 14.9 Å². The lowest BCUT2D eigenvalue weighted by Gasteiger charge is -2.10. The number of aromatic amines is 1. The first-order valence-electron chi connectivity index (χ1n) is 5.48. The molecule has 18 heavy (non-hydrogen) atoms. The number of nitrogens with two attached hydrogens (primary N) is 1. The minimum atomic E-state index is -0.701. The molecule has 1 aliphatic rings. The van der Waals surface area contributed by atoms with Crippen LogP contribution in [0.15, 0.2) is 11.2 Å². The van der Waals surface area contributed by atoms with Gasteiger partial charge in [0.2, 0.25) is 0 Å². The fraction of sp³-hybridized carbons (Fsp3) is 0.500. The number of rotatable bonds is 3. The zero-order valence-corrected chi connectivity index (χ0v) is 9.58. The van der Waals surface area contributed by atoms with Gasteiger partial charge in [0, 0.05) is 6.42 Å². The van der Waals surface area contributed by atoms with E-state index in [1.165, 1.54) is 6.20 Å². The number of ether oxygens (including phenoxy) is 1. The maximum Gasteiger partial charge on any atom is 0.189 e. The molecule has 0 aliphatic carbocycles. The second kappa shape index (κ2) is 5.25. The average Bonchev–Trinajstić information content (AvgIpc) is 2.95. The highest BCUT2D eigenvalue weighted by Crippen LogP contribution is 2.31. The van der Waals surface area contributed by atoms with E-state index in [2.05, 4.69) is 15.0 Å². The van der Waals surface area contributed by atoms with Crippen LogP contribution in [0.25, 0.3) is 0 Å². The van der Waals surface area contributed by atoms with Crippen LogP contribution in [0.4, 0.5) is 0 Å². The summed E-state index contributed by atoms with van der Waals surface area (Å²) in [6.07, 6.45) is 1.26. The molecule has 0 amide bonds. The standard InChI is InChI=1S/C10H15N5O3/c11-4-14-9(12)10-13-2-5(15-10)7-1-6(17)8(3-16)18-7/h2,4,6-8,16-17H,1,3H2,(H,13,15)(H3,11,12,14)/t6-,7+,8+/m0/s1. The average molecular weight is 253 g/mol. The molecule has 8 heteroatoms. The molecule has 6 N–H and O–H groups in total. The van der Waals surface area contributed by atoms with Gasteiger partial charge < -0.3 is 25.7 Å². The lowest BCUT2D eigenvalue weighted by molar-refractivity contribution is -0.0234. The summed E-state index contributed by atoms with van der Waals surface area (Å²) < 4.78 is 5.46. The summed E-state index contributed by atoms with van der Waals surface area (Å²) in [5.41, 5.74) is 5.73. The molecule has 0 aromatic carbocycles. The molecular formula is C10H15N5O3. The SMILES string of the molecule is N=C(N=CN)c1ncc([C@H]2C[C@H](O)[C@@H](CO)O2)[nH]1. The van der Waals surface area contributed by atoms with Crippen molar-refractivity contribution in [3.63, 3.8) is 0 Å². The van der Waals surface area contributed by atoms with E-state index < -0.39 is 12.2 Å². The third-order valence-electron chi connectivity index (χ3n) is 2.77. The molecule has 2 rings (SSSR count). The molecule has 0 saturated carbocycles. The highest BCUT2D eigenvalue weighted by molar-refractivity contribution is 5.97. The highest BCUT2D eigenvalue weighted by atomic mass is 16.5. The normalized spacial score (nSPS) is 28.0. The Morgan fingerprint density at radius 2 is 2.56 bits per heavy atom. The van der Waals surface area contributed by atoms with Crippen molar-refractivity contribution in [2.24, 2.45) is 10.7 Å². The van der Waals surface area contributed by atoms with Crippen LogP contribution in [0.3, 0.4) is 0 Å². The van der Waals surface area contributed by atoms with Gasteiger partial charge in [0.05, 0.1) is 30.9 Å². The van der Waals surface area contributed by atoms with Gasteiger partial charge >= 0.3 is 0 Å². The number of aliphatic hydroxyl groups is 2. The Morgan fingerprint density at radius 3 is 3.17 bits per heavy atom. The largest absolute Gasteiger partial charge is 0.394 e. The first-order chi connectivity index (χ1) is 8.65. The number of aromatic nitrogens is 2. The summed E-state index contributed by atoms with van der Waals surface area (Å²) >= 11 is 0. The van der Waals surface area contributed by atoms with Gasteiger partial charge in [-0.3, -0.25) is 5.41 Å². The van der Waals surface area contributed by atoms with E-state index in [9.17, 15) is 5.11 Å². The summed E-state index contributed by atoms with van der Waals surface area (Å²) in [6.45, 7) is -0.230. The van der Waals surface area contributed by atoms with Crippen molar-refractivity contribution in [3.05, 3.63) is 17.7 Å². The number of nitrogens with zero attached hydrogens (tertiary/aromatic N) is 2. The summed E-state index contributed by atoms with van der Waals surface area (Å²) in [6, 6.07) is 0. The Bertz CT molecular complexity index is 458. The van der Waals surface area contributed by atoms with E-state index in [1.807, 2.05) is 0 Å². The molecule has 1 aromatic rings. The zero-order chi connectivity index (χ0) is 13.1. The monoisotopic (exact) mass is 253 g/mol. The van der Waals surface area contributed by atoms with Crippen molar-refractivity contribution in [3.8, 4) is 0 Å². The Hall–Kier alpha value is -1.77. The number of nitrogens with one attached hydrogen (secondary N) is 2. The van der Waals surface area contributed by atoms with Gasteiger partial charge in [-0.2, -0.15) is 0 Å². The number of amidine groups is 1. The number of imidazole rings is 1. The van der Waals surface area contributed by atoms with Gasteiger partial charge in [0.1, 0.15) is 12.2 Å². The lowest BCUT2D eigenvalue weighted by atomic mass is 10.1. The van der Waals surface area contributed by atoms with Crippen molar-refractivity contribution in [2.45, 2.75) is 24.7 Å². The molecular weight excluding hydrogens is 238 g/mol. The molecule has 0 radical (unpaired) electrons. The van der Waals surface area contributed by atoms with Crippen LogP contribution in [0.2, 0.25) is 0 Å². The smallest absolute Gasteiger partial charge is 0.189 e. The van der Waals surface area contributed by atoms with E-state index in [0.29, 0.717) is 12.1 Å². The first kappa shape index (κ1) is 12.7. The Labute approximate surface area is 103 Å². The van der Waals surface area contributed by atoms with E-state index in [-0.39, 0.29) is 24.4 Å². The number of aliphatic hydroxyl groups excluding tert-OH is 2. The maximum absolute atomic E-state index is 9.62. The Balaban J connectivity index is 2.09. The van der Waals surface area contributed by atoms with Crippen LogP contribution < -0.4 is 5.73 Å². The maximum atomic E-state index is 9.62. The highest BCUT2D eigenvalue weighted by Gasteiger charge is 2.35. The molecule has 1 saturated heterocycles. The second-order valence-electron chi connectivity index (χ2n) is 3.96. The number of aliphatic imine (C=N–C) groups is 1. The fourth-order valence-corrected chi connectivity index (χ4v) is 1.85. The van der Waals surface area contributed by atoms with Crippen LogP contribution in [-0.4, -0.2) is 51.2 Å². The van der Waals surface area contributed by atoms with Crippen LogP contribution in [0.5, 0.6) is 0 Å². The molecule has 0 spiro atoms. The molecule has 2 heterocycles. The van der Waals surface area contributed by atoms with E-state index in [4.69, 9.17) is 21.0 Å². The molecule has 98 valence electrons. The van der Waals surface area contributed by atoms with Crippen molar-refractivity contribution >= 4 is 12.2 Å². The molecule has 0 bridgehead atoms. The molecule has 1 fully saturated rings. The molecule has 3 atom stereocenters. The lowest BCUT2D eigenvalue weighted by Crippen LogP contribution is -2.24. The summed E-state index contributed by atoms with van der Waals surface area (Å²) in [5.74, 6) is 0.193. The number of hydrogen-bond donors (Lipinski definition) is 5. The number of hydrogen-bond acceptors (Lipinski definition) is 5. The van der Waals surface area contributed by atoms with Crippen molar-refractivity contribution in [2.75, 3.05) is 6.61 Å². The summed E-state index contributed by atoms with van der Waals surface area (Å²) in [5, 5.41) is 26.1. The van der Waals surface area contributed by atoms with E-state index in [0.717, 1.165) is 6.34 Å². The third-order valence-corrected chi connectivity index (χ3v) is 2.77. The van der Waals surface area contributed by atoms with Crippen molar-refractivity contribution in [1.29, 1.82) is 5.41 Å². The Kier molecular flexibility index (Phi) is 3.70. The van der Waals surface area contributed by atoms with Gasteiger partial charge in [0.15, 0.2) is 11.7 Å². The zero-order valence-electron chi connectivity index (χ0n) is 9.58. The molecule has 0 unspecified atom stereocenters. The summed E-state index contributed by atoms with van der Waals surface area (Å²) in [4.78, 5) is 10.5. The predicted molar refractivity (Wildman–Crippen MR) is 63.4 cm³/mol. The number of H-pyrrole nitrogens is 1. The van der Waals surface area contributed by atoms with Crippen LogP contribution >= 0.6 is 0 Å². The fourth-order valence-electron chi connectivity index (χ4n) is 1.85. The van der Waals surface area contributed by atoms with Crippen LogP contribution in [0, 0.1) is 5.41 Å². The minimum absolute atomic E-state index is 0.0824. The molecule has 1 aliphatic heterocycles. The van der Waals surface area contributed by atoms with Gasteiger partial charge in [-0.05, 0) is 0 Å². The minimum Gasteiger partial charge on any atom is -0.394 e. The van der Waals surface area contributed by atoms with Gasteiger partial charge in [-0.15, -0.1) is 0 Å². The van der Waals surface area contributed by atoms with Gasteiger partial charge in [-0.25, -0.2) is 9.98 Å². The third kappa shape index (κ3) is 2.40. The van der Waals surface area contributed by atoms with E-state index in [1.54, 1.807) is 0 Å². The van der Waals surface area contributed by atoms with Gasteiger partial charge in [-0.1, -0.05) is 0 Å². The first-order valence-corrected chi connectivity index (χ1v) is 5.48. The quantitative estimate of drug-likeness (QED) is 0.343. The van der Waals surface area contributed by atoms with E-state index >= 15 is 0 Å². The Morgan fingerprint density at radius 1 is 1.78 bits per heavy atom. The topological polar surface area (TPSA) is 141 Å². The molecule has 8 nitrogen and oxygen atoms in total. The second-order valence-corrected chi connectivity index (χ2v) is 3.96. The van der Waals surface area contributed by atoms with Crippen LogP contribution in [-0.2, 0) is 4.74 Å². The summed E-state index contributed by atoms with van der Waals surface area (Å²) in [7, 11) is 0. The van der Waals surface area contributed by atoms with Crippen molar-refractivity contribution in [1.82, 2.24) is 9.97 Å². The predicted octanol–water partition coefficient (Wildman–Crippen LogP) is -1.09.